The first kappa shape index (κ1) is 20.4. The van der Waals surface area contributed by atoms with Crippen molar-refractivity contribution in [2.24, 2.45) is 5.10 Å². The van der Waals surface area contributed by atoms with E-state index in [0.29, 0.717) is 34.3 Å². The molecular weight excluding hydrogens is 428 g/mol. The number of fused-ring (bicyclic) bond motifs is 3. The number of carbonyl (C=O) groups excluding carboxylic acids is 1. The van der Waals surface area contributed by atoms with E-state index in [1.807, 2.05) is 42.5 Å². The topological polar surface area (TPSA) is 60.4 Å². The van der Waals surface area contributed by atoms with Gasteiger partial charge in [-0.3, -0.25) is 4.79 Å². The maximum Gasteiger partial charge on any atom is 0.251 e. The van der Waals surface area contributed by atoms with Crippen LogP contribution >= 0.6 is 11.6 Å². The van der Waals surface area contributed by atoms with Crippen LogP contribution in [0.2, 0.25) is 5.02 Å². The van der Waals surface area contributed by atoms with Gasteiger partial charge in [0, 0.05) is 28.1 Å². The molecule has 2 aliphatic heterocycles. The van der Waals surface area contributed by atoms with Crippen LogP contribution in [-0.2, 0) is 0 Å². The standard InChI is InChI=1S/C25H21ClN2O4/c1-30-22-12-9-16(13-23(22)31-2)19-14-20-18-5-3-4-6-21(18)32-25(28(20)27-19)24(29)15-7-10-17(26)11-8-15/h3-13,20,25H,14H2,1-2H3/t20-,25+/m0/s1. The fourth-order valence-corrected chi connectivity index (χ4v) is 4.28. The van der Waals surface area contributed by atoms with Gasteiger partial charge in [-0.1, -0.05) is 29.8 Å². The first-order chi connectivity index (χ1) is 15.6. The van der Waals surface area contributed by atoms with E-state index >= 15 is 0 Å². The Labute approximate surface area is 191 Å². The highest BCUT2D eigenvalue weighted by molar-refractivity contribution is 6.30. The second-order valence-corrected chi connectivity index (χ2v) is 8.03. The number of carbonyl (C=O) groups is 1. The minimum absolute atomic E-state index is 0.107. The molecule has 0 N–H and O–H groups in total. The van der Waals surface area contributed by atoms with E-state index in [2.05, 4.69) is 0 Å². The Kier molecular flexibility index (Phi) is 5.23. The zero-order chi connectivity index (χ0) is 22.2. The van der Waals surface area contributed by atoms with Crippen LogP contribution in [-0.4, -0.2) is 37.0 Å². The Morgan fingerprint density at radius 1 is 1.03 bits per heavy atom. The van der Waals surface area contributed by atoms with Crippen molar-refractivity contribution in [2.75, 3.05) is 14.2 Å². The van der Waals surface area contributed by atoms with Crippen LogP contribution in [0.3, 0.4) is 0 Å². The van der Waals surface area contributed by atoms with Crippen molar-refractivity contribution in [3.63, 3.8) is 0 Å². The average Bonchev–Trinajstić information content (AvgIpc) is 3.29. The summed E-state index contributed by atoms with van der Waals surface area (Å²) in [5.74, 6) is 1.81. The number of rotatable bonds is 5. The lowest BCUT2D eigenvalue weighted by Crippen LogP contribution is -2.45. The number of ketones is 1. The molecule has 32 heavy (non-hydrogen) atoms. The molecule has 0 fully saturated rings. The highest BCUT2D eigenvalue weighted by Crippen LogP contribution is 2.44. The summed E-state index contributed by atoms with van der Waals surface area (Å²) in [6, 6.07) is 20.2. The number of halogens is 1. The molecule has 0 unspecified atom stereocenters. The number of hydrogen-bond acceptors (Lipinski definition) is 6. The van der Waals surface area contributed by atoms with Gasteiger partial charge >= 0.3 is 0 Å². The second kappa shape index (κ2) is 8.20. The Balaban J connectivity index is 1.55. The van der Waals surface area contributed by atoms with E-state index in [9.17, 15) is 4.79 Å². The molecule has 7 heteroatoms. The van der Waals surface area contributed by atoms with Crippen molar-refractivity contribution >= 4 is 23.1 Å². The maximum absolute atomic E-state index is 13.4. The van der Waals surface area contributed by atoms with Gasteiger partial charge in [-0.15, -0.1) is 0 Å². The summed E-state index contributed by atoms with van der Waals surface area (Å²) in [4.78, 5) is 13.4. The number of methoxy groups -OCH3 is 2. The van der Waals surface area contributed by atoms with Crippen LogP contribution in [0.25, 0.3) is 0 Å². The van der Waals surface area contributed by atoms with E-state index in [-0.39, 0.29) is 11.8 Å². The monoisotopic (exact) mass is 448 g/mol. The molecule has 0 saturated carbocycles. The molecule has 3 aromatic carbocycles. The third kappa shape index (κ3) is 3.46. The molecule has 0 aromatic heterocycles. The first-order valence-corrected chi connectivity index (χ1v) is 10.6. The summed E-state index contributed by atoms with van der Waals surface area (Å²) in [6.07, 6.45) is -0.228. The van der Waals surface area contributed by atoms with E-state index in [1.54, 1.807) is 43.5 Å². The number of ether oxygens (including phenoxy) is 3. The molecule has 2 heterocycles. The van der Waals surface area contributed by atoms with Gasteiger partial charge in [0.25, 0.3) is 6.23 Å². The highest BCUT2D eigenvalue weighted by atomic mass is 35.5. The van der Waals surface area contributed by atoms with Crippen molar-refractivity contribution in [3.05, 3.63) is 88.4 Å². The van der Waals surface area contributed by atoms with Crippen LogP contribution in [0.4, 0.5) is 0 Å². The minimum Gasteiger partial charge on any atom is -0.493 e. The van der Waals surface area contributed by atoms with Crippen molar-refractivity contribution in [3.8, 4) is 17.2 Å². The van der Waals surface area contributed by atoms with Gasteiger partial charge in [0.05, 0.1) is 26.0 Å². The van der Waals surface area contributed by atoms with Gasteiger partial charge < -0.3 is 14.2 Å². The summed E-state index contributed by atoms with van der Waals surface area (Å²) < 4.78 is 17.0. The molecule has 0 spiro atoms. The minimum atomic E-state index is -0.867. The van der Waals surface area contributed by atoms with Gasteiger partial charge in [-0.2, -0.15) is 5.10 Å². The van der Waals surface area contributed by atoms with Crippen molar-refractivity contribution in [2.45, 2.75) is 18.7 Å². The molecule has 3 aromatic rings. The molecule has 6 nitrogen and oxygen atoms in total. The average molecular weight is 449 g/mol. The summed E-state index contributed by atoms with van der Waals surface area (Å²) in [6.45, 7) is 0. The van der Waals surface area contributed by atoms with Gasteiger partial charge in [0.1, 0.15) is 5.75 Å². The van der Waals surface area contributed by atoms with Gasteiger partial charge in [-0.25, -0.2) is 5.01 Å². The van der Waals surface area contributed by atoms with Crippen molar-refractivity contribution in [1.29, 1.82) is 0 Å². The fourth-order valence-electron chi connectivity index (χ4n) is 4.15. The largest absolute Gasteiger partial charge is 0.493 e. The van der Waals surface area contributed by atoms with E-state index in [1.165, 1.54) is 0 Å². The number of nitrogens with zero attached hydrogens (tertiary/aromatic N) is 2. The maximum atomic E-state index is 13.4. The lowest BCUT2D eigenvalue weighted by molar-refractivity contribution is -0.00455. The Morgan fingerprint density at radius 3 is 2.53 bits per heavy atom. The van der Waals surface area contributed by atoms with E-state index in [0.717, 1.165) is 16.8 Å². The predicted molar refractivity (Wildman–Crippen MR) is 122 cm³/mol. The Hall–Kier alpha value is -3.51. The number of para-hydroxylation sites is 1. The normalized spacial score (nSPS) is 18.8. The molecule has 0 saturated heterocycles. The number of hydrazone groups is 1. The van der Waals surface area contributed by atoms with Crippen molar-refractivity contribution in [1.82, 2.24) is 5.01 Å². The summed E-state index contributed by atoms with van der Waals surface area (Å²) in [5.41, 5.74) is 3.29. The van der Waals surface area contributed by atoms with E-state index < -0.39 is 6.23 Å². The Morgan fingerprint density at radius 2 is 1.78 bits per heavy atom. The van der Waals surface area contributed by atoms with Crippen LogP contribution in [0.15, 0.2) is 71.8 Å². The third-order valence-electron chi connectivity index (χ3n) is 5.77. The van der Waals surface area contributed by atoms with Gasteiger partial charge in [0.2, 0.25) is 5.78 Å². The molecule has 0 aliphatic carbocycles. The summed E-state index contributed by atoms with van der Waals surface area (Å²) >= 11 is 6.00. The van der Waals surface area contributed by atoms with Gasteiger partial charge in [-0.05, 0) is 48.5 Å². The number of benzene rings is 3. The SMILES string of the molecule is COc1ccc(C2=NN3[C@@H](C(=O)c4ccc(Cl)cc4)Oc4ccccc4[C@@H]3C2)cc1OC. The van der Waals surface area contributed by atoms with E-state index in [4.69, 9.17) is 30.9 Å². The molecule has 2 atom stereocenters. The quantitative estimate of drug-likeness (QED) is 0.507. The van der Waals surface area contributed by atoms with Crippen LogP contribution < -0.4 is 14.2 Å². The second-order valence-electron chi connectivity index (χ2n) is 7.60. The Bertz CT molecular complexity index is 1210. The molecule has 5 rings (SSSR count). The van der Waals surface area contributed by atoms with Crippen molar-refractivity contribution < 1.29 is 19.0 Å². The van der Waals surface area contributed by atoms with Crippen LogP contribution in [0.1, 0.15) is 33.9 Å². The molecular formula is C25H21ClN2O4. The summed E-state index contributed by atoms with van der Waals surface area (Å²) in [7, 11) is 3.21. The zero-order valence-electron chi connectivity index (χ0n) is 17.6. The third-order valence-corrected chi connectivity index (χ3v) is 6.02. The smallest absolute Gasteiger partial charge is 0.251 e. The molecule has 0 bridgehead atoms. The number of Topliss-reactive ketones (excluding diaryl/α,β-unsaturated/α-hetero) is 1. The molecule has 2 aliphatic rings. The molecule has 0 radical (unpaired) electrons. The zero-order valence-corrected chi connectivity index (χ0v) is 18.4. The predicted octanol–water partition coefficient (Wildman–Crippen LogP) is 5.11. The molecule has 0 amide bonds. The van der Waals surface area contributed by atoms with Crippen LogP contribution in [0, 0.1) is 0 Å². The first-order valence-electron chi connectivity index (χ1n) is 10.2. The summed E-state index contributed by atoms with van der Waals surface area (Å²) in [5, 5.41) is 7.18. The fraction of sp³-hybridized carbons (Fsp3) is 0.200. The molecule has 162 valence electrons. The van der Waals surface area contributed by atoms with Gasteiger partial charge in [0.15, 0.2) is 11.5 Å². The number of hydrogen-bond donors (Lipinski definition) is 0. The lowest BCUT2D eigenvalue weighted by atomic mass is 9.95. The lowest BCUT2D eigenvalue weighted by Gasteiger charge is -2.37. The highest BCUT2D eigenvalue weighted by Gasteiger charge is 2.43. The van der Waals surface area contributed by atoms with Crippen LogP contribution in [0.5, 0.6) is 17.2 Å².